The molecule has 0 fully saturated rings. The fraction of sp³-hybridized carbons (Fsp3) is 0.300. The summed E-state index contributed by atoms with van der Waals surface area (Å²) in [6.07, 6.45) is 0. The number of aryl methyl sites for hydroxylation is 1. The van der Waals surface area contributed by atoms with E-state index in [1.54, 1.807) is 56.4 Å². The van der Waals surface area contributed by atoms with Crippen molar-refractivity contribution in [1.82, 2.24) is 0 Å². The average molecular weight is 341 g/mol. The van der Waals surface area contributed by atoms with Crippen LogP contribution in [0.1, 0.15) is 40.1 Å². The minimum Gasteiger partial charge on any atom is -0.494 e. The fourth-order valence-corrected chi connectivity index (χ4v) is 2.55. The number of carbonyl (C=O) groups excluding carboxylic acids is 2. The van der Waals surface area contributed by atoms with Gasteiger partial charge in [-0.2, -0.15) is 0 Å². The van der Waals surface area contributed by atoms with E-state index in [-0.39, 0.29) is 12.5 Å². The molecule has 5 heteroatoms. The third-order valence-corrected chi connectivity index (χ3v) is 3.79. The number of hydrogen-bond donors (Lipinski definition) is 0. The van der Waals surface area contributed by atoms with Gasteiger partial charge in [0, 0.05) is 12.6 Å². The van der Waals surface area contributed by atoms with Gasteiger partial charge in [0.1, 0.15) is 5.75 Å². The molecule has 0 heterocycles. The number of amides is 1. The van der Waals surface area contributed by atoms with Crippen LogP contribution in [0.2, 0.25) is 0 Å². The Bertz CT molecular complexity index is 770. The van der Waals surface area contributed by atoms with Crippen LogP contribution >= 0.6 is 0 Å². The summed E-state index contributed by atoms with van der Waals surface area (Å²) in [6.45, 7) is 6.41. The molecule has 0 aliphatic rings. The molecule has 0 saturated heterocycles. The number of ether oxygens (including phenoxy) is 2. The molecule has 0 spiro atoms. The zero-order valence-electron chi connectivity index (χ0n) is 15.0. The predicted molar refractivity (Wildman–Crippen MR) is 97.5 cm³/mol. The van der Waals surface area contributed by atoms with Gasteiger partial charge in [0.2, 0.25) is 0 Å². The average Bonchev–Trinajstić information content (AvgIpc) is 2.62. The van der Waals surface area contributed by atoms with Gasteiger partial charge in [-0.1, -0.05) is 12.1 Å². The topological polar surface area (TPSA) is 55.8 Å². The molecular weight excluding hydrogens is 318 g/mol. The second-order valence-electron chi connectivity index (χ2n) is 5.52. The molecule has 0 radical (unpaired) electrons. The number of carbonyl (C=O) groups is 2. The summed E-state index contributed by atoms with van der Waals surface area (Å²) in [7, 11) is 1.65. The number of nitrogens with zero attached hydrogens (tertiary/aromatic N) is 1. The highest BCUT2D eigenvalue weighted by Gasteiger charge is 2.20. The molecule has 0 atom stereocenters. The van der Waals surface area contributed by atoms with Crippen LogP contribution in [0.4, 0.5) is 5.69 Å². The van der Waals surface area contributed by atoms with Crippen molar-refractivity contribution in [3.63, 3.8) is 0 Å². The summed E-state index contributed by atoms with van der Waals surface area (Å²) in [5, 5.41) is 0. The Morgan fingerprint density at radius 3 is 2.40 bits per heavy atom. The zero-order valence-corrected chi connectivity index (χ0v) is 15.0. The normalized spacial score (nSPS) is 10.2. The Morgan fingerprint density at radius 2 is 1.76 bits per heavy atom. The van der Waals surface area contributed by atoms with Crippen molar-refractivity contribution >= 4 is 17.6 Å². The van der Waals surface area contributed by atoms with Gasteiger partial charge in [-0.3, -0.25) is 4.79 Å². The second kappa shape index (κ2) is 8.33. The molecule has 0 aliphatic heterocycles. The molecule has 2 aromatic rings. The lowest BCUT2D eigenvalue weighted by Gasteiger charge is -2.20. The molecule has 2 rings (SSSR count). The Hall–Kier alpha value is -2.82. The van der Waals surface area contributed by atoms with E-state index in [0.29, 0.717) is 23.4 Å². The summed E-state index contributed by atoms with van der Waals surface area (Å²) in [5.74, 6) is 0.108. The van der Waals surface area contributed by atoms with Crippen molar-refractivity contribution < 1.29 is 19.1 Å². The van der Waals surface area contributed by atoms with E-state index in [9.17, 15) is 9.59 Å². The number of esters is 1. The van der Waals surface area contributed by atoms with Gasteiger partial charge >= 0.3 is 5.97 Å². The Labute approximate surface area is 148 Å². The van der Waals surface area contributed by atoms with Crippen LogP contribution < -0.4 is 9.64 Å². The summed E-state index contributed by atoms with van der Waals surface area (Å²) in [5.41, 5.74) is 2.29. The molecule has 132 valence electrons. The molecule has 0 bridgehead atoms. The van der Waals surface area contributed by atoms with Crippen LogP contribution in [0, 0.1) is 6.92 Å². The number of anilines is 1. The van der Waals surface area contributed by atoms with Gasteiger partial charge in [-0.15, -0.1) is 0 Å². The van der Waals surface area contributed by atoms with Gasteiger partial charge in [0.25, 0.3) is 5.91 Å². The van der Waals surface area contributed by atoms with E-state index in [1.165, 1.54) is 4.90 Å². The highest BCUT2D eigenvalue weighted by atomic mass is 16.5. The fourth-order valence-electron chi connectivity index (χ4n) is 2.55. The number of hydrogen-bond acceptors (Lipinski definition) is 4. The minimum absolute atomic E-state index is 0.206. The van der Waals surface area contributed by atoms with E-state index in [1.807, 2.05) is 13.8 Å². The molecule has 0 N–H and O–H groups in total. The molecule has 0 saturated carbocycles. The first-order chi connectivity index (χ1) is 12.0. The largest absolute Gasteiger partial charge is 0.494 e. The first-order valence-electron chi connectivity index (χ1n) is 8.27. The number of rotatable bonds is 6. The van der Waals surface area contributed by atoms with Gasteiger partial charge in [-0.05, 0) is 56.7 Å². The molecule has 1 amide bonds. The number of para-hydroxylation sites is 1. The van der Waals surface area contributed by atoms with Crippen LogP contribution in [0.15, 0.2) is 42.5 Å². The van der Waals surface area contributed by atoms with Crippen molar-refractivity contribution in [2.24, 2.45) is 0 Å². The standard InChI is InChI=1S/C20H23NO4/c1-5-24-18-12-11-15(13-14(18)3)19(22)21(4)17-10-8-7-9-16(17)20(23)25-6-2/h7-13H,5-6H2,1-4H3. The summed E-state index contributed by atoms with van der Waals surface area (Å²) in [4.78, 5) is 26.4. The Morgan fingerprint density at radius 1 is 1.04 bits per heavy atom. The first kappa shape index (κ1) is 18.5. The lowest BCUT2D eigenvalue weighted by atomic mass is 10.1. The van der Waals surface area contributed by atoms with E-state index in [0.717, 1.165) is 11.3 Å². The molecule has 0 aromatic heterocycles. The van der Waals surface area contributed by atoms with Crippen molar-refractivity contribution in [2.45, 2.75) is 20.8 Å². The Kier molecular flexibility index (Phi) is 6.17. The second-order valence-corrected chi connectivity index (χ2v) is 5.52. The summed E-state index contributed by atoms with van der Waals surface area (Å²) in [6, 6.07) is 12.2. The van der Waals surface area contributed by atoms with Gasteiger partial charge in [0.15, 0.2) is 0 Å². The Balaban J connectivity index is 2.32. The lowest BCUT2D eigenvalue weighted by molar-refractivity contribution is 0.0527. The summed E-state index contributed by atoms with van der Waals surface area (Å²) >= 11 is 0. The van der Waals surface area contributed by atoms with Crippen molar-refractivity contribution in [3.8, 4) is 5.75 Å². The zero-order chi connectivity index (χ0) is 18.4. The first-order valence-corrected chi connectivity index (χ1v) is 8.27. The molecule has 0 aliphatic carbocycles. The maximum Gasteiger partial charge on any atom is 0.340 e. The van der Waals surface area contributed by atoms with E-state index in [4.69, 9.17) is 9.47 Å². The van der Waals surface area contributed by atoms with Gasteiger partial charge < -0.3 is 14.4 Å². The van der Waals surface area contributed by atoms with E-state index < -0.39 is 5.97 Å². The predicted octanol–water partition coefficient (Wildman–Crippen LogP) is 3.85. The van der Waals surface area contributed by atoms with Crippen LogP contribution in [-0.4, -0.2) is 32.1 Å². The third-order valence-electron chi connectivity index (χ3n) is 3.79. The van der Waals surface area contributed by atoms with Gasteiger partial charge in [-0.25, -0.2) is 4.79 Å². The molecule has 2 aromatic carbocycles. The molecular formula is C20H23NO4. The highest BCUT2D eigenvalue weighted by molar-refractivity contribution is 6.09. The van der Waals surface area contributed by atoms with E-state index in [2.05, 4.69) is 0 Å². The quantitative estimate of drug-likeness (QED) is 0.749. The minimum atomic E-state index is -0.444. The molecule has 5 nitrogen and oxygen atoms in total. The third kappa shape index (κ3) is 4.18. The molecule has 25 heavy (non-hydrogen) atoms. The monoisotopic (exact) mass is 341 g/mol. The van der Waals surface area contributed by atoms with Crippen molar-refractivity contribution in [2.75, 3.05) is 25.2 Å². The highest BCUT2D eigenvalue weighted by Crippen LogP contribution is 2.24. The van der Waals surface area contributed by atoms with Crippen LogP contribution in [0.3, 0.4) is 0 Å². The number of benzene rings is 2. The van der Waals surface area contributed by atoms with Gasteiger partial charge in [0.05, 0.1) is 24.5 Å². The maximum atomic E-state index is 12.8. The van der Waals surface area contributed by atoms with Crippen molar-refractivity contribution in [1.29, 1.82) is 0 Å². The SMILES string of the molecule is CCOC(=O)c1ccccc1N(C)C(=O)c1ccc(OCC)c(C)c1. The van der Waals surface area contributed by atoms with Crippen molar-refractivity contribution in [3.05, 3.63) is 59.2 Å². The van der Waals surface area contributed by atoms with Crippen LogP contribution in [-0.2, 0) is 4.74 Å². The maximum absolute atomic E-state index is 12.8. The van der Waals surface area contributed by atoms with E-state index >= 15 is 0 Å². The van der Waals surface area contributed by atoms with Crippen LogP contribution in [0.5, 0.6) is 5.75 Å². The van der Waals surface area contributed by atoms with Crippen LogP contribution in [0.25, 0.3) is 0 Å². The molecule has 0 unspecified atom stereocenters. The lowest BCUT2D eigenvalue weighted by Crippen LogP contribution is -2.28. The summed E-state index contributed by atoms with van der Waals surface area (Å²) < 4.78 is 10.6. The smallest absolute Gasteiger partial charge is 0.340 e.